The van der Waals surface area contributed by atoms with E-state index >= 15 is 0 Å². The summed E-state index contributed by atoms with van der Waals surface area (Å²) in [6, 6.07) is 9.04. The fourth-order valence-corrected chi connectivity index (χ4v) is 3.51. The van der Waals surface area contributed by atoms with E-state index in [9.17, 15) is 14.0 Å². The molecule has 0 saturated carbocycles. The van der Waals surface area contributed by atoms with E-state index in [0.717, 1.165) is 29.2 Å². The summed E-state index contributed by atoms with van der Waals surface area (Å²) in [5.74, 6) is 0.463. The first-order valence-electron chi connectivity index (χ1n) is 10.1. The number of rotatable bonds is 7. The van der Waals surface area contributed by atoms with Gasteiger partial charge < -0.3 is 19.7 Å². The van der Waals surface area contributed by atoms with Gasteiger partial charge in [0, 0.05) is 12.0 Å². The Morgan fingerprint density at radius 1 is 1.07 bits per heavy atom. The fraction of sp³-hybridized carbons (Fsp3) is 0.364. The smallest absolute Gasteiger partial charge is 0.326 e. The van der Waals surface area contributed by atoms with Gasteiger partial charge in [0.2, 0.25) is 0 Å². The van der Waals surface area contributed by atoms with Crippen molar-refractivity contribution < 1.29 is 28.4 Å². The minimum absolute atomic E-state index is 0.0237. The number of imide groups is 1. The van der Waals surface area contributed by atoms with Crippen LogP contribution in [0.2, 0.25) is 0 Å². The highest BCUT2D eigenvalue weighted by atomic mass is 19.1. The molecule has 1 atom stereocenters. The largest absolute Gasteiger partial charge is 0.490 e. The number of anilines is 1. The molecule has 1 aliphatic heterocycles. The standard InChI is InChI=1S/C22H26FN3O4/c1-3-29-19-11-15-9-10-26(13-16(15)12-20(19)30-4-2)14-21(27)25-22(28)24-18-8-6-5-7-17(18)23/h5-8,11-12H,3-4,9-10,13-14H2,1-2H3,(H2,24,25,27,28)/p+1. The van der Waals surface area contributed by atoms with Gasteiger partial charge in [-0.2, -0.15) is 0 Å². The molecule has 3 amide bonds. The second-order valence-electron chi connectivity index (χ2n) is 7.02. The predicted octanol–water partition coefficient (Wildman–Crippen LogP) is 1.91. The first-order chi connectivity index (χ1) is 14.5. The number of ether oxygens (including phenoxy) is 2. The molecule has 0 bridgehead atoms. The fourth-order valence-electron chi connectivity index (χ4n) is 3.51. The van der Waals surface area contributed by atoms with Crippen molar-refractivity contribution in [2.45, 2.75) is 26.8 Å². The van der Waals surface area contributed by atoms with E-state index in [2.05, 4.69) is 10.6 Å². The summed E-state index contributed by atoms with van der Waals surface area (Å²) in [5, 5.41) is 4.61. The molecule has 2 aromatic carbocycles. The van der Waals surface area contributed by atoms with Crippen LogP contribution in [0.5, 0.6) is 11.5 Å². The predicted molar refractivity (Wildman–Crippen MR) is 110 cm³/mol. The molecular formula is C22H27FN3O4+. The molecule has 0 saturated heterocycles. The third kappa shape index (κ3) is 5.48. The molecule has 0 radical (unpaired) electrons. The van der Waals surface area contributed by atoms with Crippen LogP contribution >= 0.6 is 0 Å². The Labute approximate surface area is 175 Å². The van der Waals surface area contributed by atoms with Crippen LogP contribution in [-0.2, 0) is 17.8 Å². The number of hydrogen-bond donors (Lipinski definition) is 3. The molecule has 1 heterocycles. The summed E-state index contributed by atoms with van der Waals surface area (Å²) in [6.45, 7) is 6.49. The number of para-hydroxylation sites is 1. The zero-order valence-corrected chi connectivity index (χ0v) is 17.2. The van der Waals surface area contributed by atoms with E-state index in [-0.39, 0.29) is 12.2 Å². The highest BCUT2D eigenvalue weighted by Gasteiger charge is 2.25. The summed E-state index contributed by atoms with van der Waals surface area (Å²) in [7, 11) is 0. The van der Waals surface area contributed by atoms with Gasteiger partial charge in [0.1, 0.15) is 12.4 Å². The lowest BCUT2D eigenvalue weighted by Crippen LogP contribution is -3.13. The summed E-state index contributed by atoms with van der Waals surface area (Å²) in [5.41, 5.74) is 2.31. The molecule has 3 N–H and O–H groups in total. The van der Waals surface area contributed by atoms with Crippen molar-refractivity contribution in [1.29, 1.82) is 0 Å². The Hall–Kier alpha value is -3.13. The quantitative estimate of drug-likeness (QED) is 0.644. The highest BCUT2D eigenvalue weighted by Crippen LogP contribution is 2.32. The molecular weight excluding hydrogens is 389 g/mol. The maximum Gasteiger partial charge on any atom is 0.326 e. The molecule has 1 aliphatic rings. The lowest BCUT2D eigenvalue weighted by molar-refractivity contribution is -0.908. The molecule has 8 heteroatoms. The van der Waals surface area contributed by atoms with Crippen LogP contribution in [0.25, 0.3) is 0 Å². The number of amides is 3. The lowest BCUT2D eigenvalue weighted by Gasteiger charge is -2.26. The third-order valence-corrected chi connectivity index (χ3v) is 4.84. The van der Waals surface area contributed by atoms with Crippen molar-refractivity contribution in [3.8, 4) is 11.5 Å². The van der Waals surface area contributed by atoms with Crippen LogP contribution in [0, 0.1) is 5.82 Å². The Bertz CT molecular complexity index is 919. The van der Waals surface area contributed by atoms with Gasteiger partial charge in [-0.25, -0.2) is 9.18 Å². The molecule has 7 nitrogen and oxygen atoms in total. The summed E-state index contributed by atoms with van der Waals surface area (Å²) < 4.78 is 25.0. The van der Waals surface area contributed by atoms with E-state index < -0.39 is 17.8 Å². The summed E-state index contributed by atoms with van der Waals surface area (Å²) in [4.78, 5) is 25.3. The second-order valence-corrected chi connectivity index (χ2v) is 7.02. The molecule has 1 unspecified atom stereocenters. The first-order valence-corrected chi connectivity index (χ1v) is 10.1. The Kier molecular flexibility index (Phi) is 7.24. The Morgan fingerprint density at radius 3 is 2.40 bits per heavy atom. The zero-order valence-electron chi connectivity index (χ0n) is 17.2. The van der Waals surface area contributed by atoms with Gasteiger partial charge in [0.15, 0.2) is 18.0 Å². The van der Waals surface area contributed by atoms with Gasteiger partial charge in [-0.05, 0) is 43.7 Å². The summed E-state index contributed by atoms with van der Waals surface area (Å²) >= 11 is 0. The number of carbonyl (C=O) groups is 2. The number of hydrogen-bond acceptors (Lipinski definition) is 4. The van der Waals surface area contributed by atoms with E-state index in [1.807, 2.05) is 26.0 Å². The monoisotopic (exact) mass is 416 g/mol. The minimum Gasteiger partial charge on any atom is -0.490 e. The number of halogens is 1. The number of fused-ring (bicyclic) bond motifs is 1. The van der Waals surface area contributed by atoms with Gasteiger partial charge in [-0.1, -0.05) is 12.1 Å². The minimum atomic E-state index is -0.748. The van der Waals surface area contributed by atoms with Crippen molar-refractivity contribution in [2.75, 3.05) is 31.6 Å². The van der Waals surface area contributed by atoms with Crippen LogP contribution in [0.1, 0.15) is 25.0 Å². The van der Waals surface area contributed by atoms with E-state index in [0.29, 0.717) is 25.5 Å². The van der Waals surface area contributed by atoms with Crippen molar-refractivity contribution >= 4 is 17.6 Å². The van der Waals surface area contributed by atoms with Gasteiger partial charge in [-0.15, -0.1) is 0 Å². The maximum atomic E-state index is 13.6. The first kappa shape index (κ1) is 21.6. The zero-order chi connectivity index (χ0) is 21.5. The van der Waals surface area contributed by atoms with E-state index in [1.165, 1.54) is 23.8 Å². The lowest BCUT2D eigenvalue weighted by atomic mass is 9.99. The normalized spacial score (nSPS) is 15.1. The molecule has 160 valence electrons. The molecule has 0 aliphatic carbocycles. The molecule has 0 spiro atoms. The van der Waals surface area contributed by atoms with Crippen LogP contribution in [-0.4, -0.2) is 38.2 Å². The van der Waals surface area contributed by atoms with Gasteiger partial charge in [0.05, 0.1) is 25.4 Å². The van der Waals surface area contributed by atoms with Crippen molar-refractivity contribution in [2.24, 2.45) is 0 Å². The average molecular weight is 416 g/mol. The van der Waals surface area contributed by atoms with E-state index in [4.69, 9.17) is 9.47 Å². The Morgan fingerprint density at radius 2 is 1.73 bits per heavy atom. The van der Waals surface area contributed by atoms with Crippen molar-refractivity contribution in [1.82, 2.24) is 5.32 Å². The third-order valence-electron chi connectivity index (χ3n) is 4.84. The molecule has 0 fully saturated rings. The van der Waals surface area contributed by atoms with Crippen LogP contribution in [0.15, 0.2) is 36.4 Å². The second kappa shape index (κ2) is 10.1. The molecule has 2 aromatic rings. The van der Waals surface area contributed by atoms with Gasteiger partial charge >= 0.3 is 6.03 Å². The summed E-state index contributed by atoms with van der Waals surface area (Å²) in [6.07, 6.45) is 0.797. The Balaban J connectivity index is 1.58. The SMILES string of the molecule is CCOc1cc2c(cc1OCC)C[NH+](CC(=O)NC(=O)Nc1ccccc1F)CC2. The average Bonchev–Trinajstić information content (AvgIpc) is 2.70. The van der Waals surface area contributed by atoms with Crippen molar-refractivity contribution in [3.63, 3.8) is 0 Å². The van der Waals surface area contributed by atoms with Crippen LogP contribution in [0.3, 0.4) is 0 Å². The highest BCUT2D eigenvalue weighted by molar-refractivity contribution is 6.01. The maximum absolute atomic E-state index is 13.6. The van der Waals surface area contributed by atoms with Crippen molar-refractivity contribution in [3.05, 3.63) is 53.3 Å². The molecule has 0 aromatic heterocycles. The van der Waals surface area contributed by atoms with Crippen LogP contribution in [0.4, 0.5) is 14.9 Å². The van der Waals surface area contributed by atoms with Gasteiger partial charge in [0.25, 0.3) is 5.91 Å². The number of benzene rings is 2. The topological polar surface area (TPSA) is 81.1 Å². The molecule has 30 heavy (non-hydrogen) atoms. The number of nitrogens with one attached hydrogen (secondary N) is 3. The number of quaternary nitrogens is 1. The molecule has 3 rings (SSSR count). The number of urea groups is 1. The number of carbonyl (C=O) groups excluding carboxylic acids is 2. The van der Waals surface area contributed by atoms with E-state index in [1.54, 1.807) is 6.07 Å². The van der Waals surface area contributed by atoms with Crippen LogP contribution < -0.4 is 25.0 Å². The van der Waals surface area contributed by atoms with Gasteiger partial charge in [-0.3, -0.25) is 10.1 Å².